The van der Waals surface area contributed by atoms with E-state index in [0.717, 1.165) is 33.8 Å². The van der Waals surface area contributed by atoms with E-state index < -0.39 is 0 Å². The monoisotopic (exact) mass is 505 g/mol. The molecule has 0 spiro atoms. The molecule has 0 N–H and O–H groups in total. The predicted molar refractivity (Wildman–Crippen MR) is 149 cm³/mol. The summed E-state index contributed by atoms with van der Waals surface area (Å²) in [4.78, 5) is 15.4. The van der Waals surface area contributed by atoms with Gasteiger partial charge in [-0.05, 0) is 60.7 Å². The molecule has 0 bridgehead atoms. The number of aryl methyl sites for hydroxylation is 1. The highest BCUT2D eigenvalue weighted by Gasteiger charge is 2.32. The van der Waals surface area contributed by atoms with Crippen molar-refractivity contribution in [1.82, 2.24) is 14.7 Å². The van der Waals surface area contributed by atoms with Gasteiger partial charge in [0.1, 0.15) is 15.8 Å². The lowest BCUT2D eigenvalue weighted by molar-refractivity contribution is -0.122. The van der Waals surface area contributed by atoms with Gasteiger partial charge in [0.15, 0.2) is 0 Å². The van der Waals surface area contributed by atoms with Gasteiger partial charge in [-0.15, -0.1) is 0 Å². The van der Waals surface area contributed by atoms with Crippen LogP contribution in [0.1, 0.15) is 38.8 Å². The molecule has 1 amide bonds. The SMILES string of the molecule is Cc1cc(-c2nn(-c3ccccc3)cc2C=C2SC(=S)N(CC(C)C)C2=O)ccc1OCC(C)C. The molecule has 2 aromatic carbocycles. The lowest BCUT2D eigenvalue weighted by atomic mass is 10.0. The largest absolute Gasteiger partial charge is 0.493 e. The van der Waals surface area contributed by atoms with E-state index in [1.807, 2.05) is 66.3 Å². The molecule has 1 aliphatic rings. The van der Waals surface area contributed by atoms with Gasteiger partial charge >= 0.3 is 0 Å². The number of para-hydroxylation sites is 1. The van der Waals surface area contributed by atoms with Gasteiger partial charge in [-0.2, -0.15) is 5.10 Å². The number of nitrogens with zero attached hydrogens (tertiary/aromatic N) is 3. The maximum atomic E-state index is 13.1. The van der Waals surface area contributed by atoms with Crippen molar-refractivity contribution in [3.8, 4) is 22.7 Å². The molecule has 1 saturated heterocycles. The summed E-state index contributed by atoms with van der Waals surface area (Å²) >= 11 is 6.86. The molecule has 1 fully saturated rings. The summed E-state index contributed by atoms with van der Waals surface area (Å²) in [6, 6.07) is 16.1. The standard InChI is InChI=1S/C28H31N3O2S2/c1-18(2)15-30-27(32)25(35-28(30)34)14-22-16-31(23-9-7-6-8-10-23)29-26(22)21-11-12-24(20(5)13-21)33-17-19(3)4/h6-14,16,18-19H,15,17H2,1-5H3. The number of amides is 1. The van der Waals surface area contributed by atoms with Gasteiger partial charge in [0.2, 0.25) is 0 Å². The number of thiocarbonyl (C=S) groups is 1. The molecular formula is C28H31N3O2S2. The molecule has 0 atom stereocenters. The third-order valence-corrected chi connectivity index (χ3v) is 6.87. The topological polar surface area (TPSA) is 47.4 Å². The van der Waals surface area contributed by atoms with Crippen LogP contribution in [0.4, 0.5) is 0 Å². The molecule has 35 heavy (non-hydrogen) atoms. The van der Waals surface area contributed by atoms with Crippen molar-refractivity contribution in [3.05, 3.63) is 70.8 Å². The Bertz CT molecular complexity index is 1260. The number of aromatic nitrogens is 2. The maximum absolute atomic E-state index is 13.1. The van der Waals surface area contributed by atoms with Crippen molar-refractivity contribution in [2.24, 2.45) is 11.8 Å². The zero-order chi connectivity index (χ0) is 25.1. The first-order valence-corrected chi connectivity index (χ1v) is 13.1. The van der Waals surface area contributed by atoms with E-state index in [4.69, 9.17) is 22.1 Å². The average Bonchev–Trinajstić information content (AvgIpc) is 3.35. The molecule has 0 aliphatic carbocycles. The highest BCUT2D eigenvalue weighted by Crippen LogP contribution is 2.36. The molecule has 0 saturated carbocycles. The number of rotatable bonds is 8. The van der Waals surface area contributed by atoms with E-state index in [0.29, 0.717) is 34.2 Å². The summed E-state index contributed by atoms with van der Waals surface area (Å²) in [5, 5.41) is 4.91. The van der Waals surface area contributed by atoms with Gasteiger partial charge in [-0.25, -0.2) is 4.68 Å². The fraction of sp³-hybridized carbons (Fsp3) is 0.321. The van der Waals surface area contributed by atoms with Crippen LogP contribution in [0.3, 0.4) is 0 Å². The van der Waals surface area contributed by atoms with E-state index in [1.165, 1.54) is 11.8 Å². The van der Waals surface area contributed by atoms with Crippen LogP contribution >= 0.6 is 24.0 Å². The quantitative estimate of drug-likeness (QED) is 0.251. The molecule has 182 valence electrons. The van der Waals surface area contributed by atoms with Crippen molar-refractivity contribution < 1.29 is 9.53 Å². The number of thioether (sulfide) groups is 1. The minimum absolute atomic E-state index is 0.0410. The summed E-state index contributed by atoms with van der Waals surface area (Å²) in [6.45, 7) is 11.8. The Kier molecular flexibility index (Phi) is 7.77. The second kappa shape index (κ2) is 10.8. The minimum Gasteiger partial charge on any atom is -0.493 e. The first-order chi connectivity index (χ1) is 16.7. The lowest BCUT2D eigenvalue weighted by Gasteiger charge is -2.16. The Morgan fingerprint density at radius 2 is 1.83 bits per heavy atom. The Balaban J connectivity index is 1.74. The van der Waals surface area contributed by atoms with Gasteiger partial charge in [0.25, 0.3) is 5.91 Å². The van der Waals surface area contributed by atoms with Gasteiger partial charge in [-0.1, -0.05) is 69.9 Å². The molecule has 2 heterocycles. The maximum Gasteiger partial charge on any atom is 0.266 e. The Labute approximate surface area is 217 Å². The van der Waals surface area contributed by atoms with Crippen LogP contribution in [-0.4, -0.2) is 38.1 Å². The molecular weight excluding hydrogens is 474 g/mol. The molecule has 1 aliphatic heterocycles. The van der Waals surface area contributed by atoms with Crippen molar-refractivity contribution in [3.63, 3.8) is 0 Å². The summed E-state index contributed by atoms with van der Waals surface area (Å²) in [7, 11) is 0. The second-order valence-corrected chi connectivity index (χ2v) is 11.3. The van der Waals surface area contributed by atoms with Gasteiger partial charge in [0.05, 0.1) is 17.2 Å². The molecule has 3 aromatic rings. The van der Waals surface area contributed by atoms with Crippen LogP contribution < -0.4 is 4.74 Å². The normalized spacial score (nSPS) is 15.2. The molecule has 4 rings (SSSR count). The zero-order valence-electron chi connectivity index (χ0n) is 20.8. The van der Waals surface area contributed by atoms with Crippen molar-refractivity contribution >= 4 is 40.3 Å². The predicted octanol–water partition coefficient (Wildman–Crippen LogP) is 6.74. The summed E-state index contributed by atoms with van der Waals surface area (Å²) < 4.78 is 8.43. The van der Waals surface area contributed by atoms with Gasteiger partial charge < -0.3 is 4.74 Å². The average molecular weight is 506 g/mol. The van der Waals surface area contributed by atoms with Crippen molar-refractivity contribution in [2.45, 2.75) is 34.6 Å². The number of ether oxygens (including phenoxy) is 1. The van der Waals surface area contributed by atoms with Crippen LogP contribution in [-0.2, 0) is 4.79 Å². The highest BCUT2D eigenvalue weighted by molar-refractivity contribution is 8.26. The van der Waals surface area contributed by atoms with Crippen LogP contribution in [0.25, 0.3) is 23.0 Å². The van der Waals surface area contributed by atoms with Crippen LogP contribution in [0.15, 0.2) is 59.6 Å². The third kappa shape index (κ3) is 5.85. The molecule has 5 nitrogen and oxygen atoms in total. The number of carbonyl (C=O) groups excluding carboxylic acids is 1. The fourth-order valence-electron chi connectivity index (χ4n) is 3.81. The molecule has 1 aromatic heterocycles. The third-order valence-electron chi connectivity index (χ3n) is 5.49. The highest BCUT2D eigenvalue weighted by atomic mass is 32.2. The molecule has 7 heteroatoms. The van der Waals surface area contributed by atoms with Gasteiger partial charge in [-0.3, -0.25) is 9.69 Å². The van der Waals surface area contributed by atoms with E-state index in [1.54, 1.807) is 4.90 Å². The molecule has 0 radical (unpaired) electrons. The minimum atomic E-state index is -0.0410. The fourth-order valence-corrected chi connectivity index (χ4v) is 5.08. The first-order valence-electron chi connectivity index (χ1n) is 11.9. The van der Waals surface area contributed by atoms with E-state index in [9.17, 15) is 4.79 Å². The first kappa shape index (κ1) is 25.2. The summed E-state index contributed by atoms with van der Waals surface area (Å²) in [5.74, 6) is 1.63. The van der Waals surface area contributed by atoms with Crippen molar-refractivity contribution in [2.75, 3.05) is 13.2 Å². The van der Waals surface area contributed by atoms with Crippen LogP contribution in [0, 0.1) is 18.8 Å². The van der Waals surface area contributed by atoms with E-state index in [-0.39, 0.29) is 5.91 Å². The Morgan fingerprint density at radius 1 is 1.09 bits per heavy atom. The van der Waals surface area contributed by atoms with E-state index >= 15 is 0 Å². The number of carbonyl (C=O) groups is 1. The molecule has 0 unspecified atom stereocenters. The number of hydrogen-bond acceptors (Lipinski definition) is 5. The van der Waals surface area contributed by atoms with Gasteiger partial charge in [0, 0.05) is 23.9 Å². The van der Waals surface area contributed by atoms with E-state index in [2.05, 4.69) is 33.8 Å². The summed E-state index contributed by atoms with van der Waals surface area (Å²) in [5.41, 5.74) is 4.65. The number of benzene rings is 2. The second-order valence-electron chi connectivity index (χ2n) is 9.58. The Morgan fingerprint density at radius 3 is 2.49 bits per heavy atom. The van der Waals surface area contributed by atoms with Crippen molar-refractivity contribution in [1.29, 1.82) is 0 Å². The zero-order valence-corrected chi connectivity index (χ0v) is 22.5. The van der Waals surface area contributed by atoms with Crippen LogP contribution in [0.2, 0.25) is 0 Å². The lowest BCUT2D eigenvalue weighted by Crippen LogP contribution is -2.31. The van der Waals surface area contributed by atoms with Crippen LogP contribution in [0.5, 0.6) is 5.75 Å². The smallest absolute Gasteiger partial charge is 0.266 e. The Hall–Kier alpha value is -2.90. The summed E-state index contributed by atoms with van der Waals surface area (Å²) in [6.07, 6.45) is 3.89. The number of hydrogen-bond donors (Lipinski definition) is 0.